The standard InChI is InChI=1S/C26H32N2O7/c1-16-18(14-32-3)22(27-35-16)24(31)28-12-6-10-26(28)13-19-23(33-15-26)17-7-4-5-8-20(17)34-25(19,2)11-9-21(29)30/h4-5,7-8,19,23H,6,9-15H2,1-3H3,(H,29,30)/t19-,23+,25+,26+/m1/s1. The van der Waals surface area contributed by atoms with Crippen molar-refractivity contribution >= 4 is 11.9 Å². The van der Waals surface area contributed by atoms with Crippen LogP contribution in [0, 0.1) is 12.8 Å². The van der Waals surface area contributed by atoms with E-state index in [9.17, 15) is 14.7 Å². The van der Waals surface area contributed by atoms with E-state index in [0.717, 1.165) is 24.2 Å². The first kappa shape index (κ1) is 23.8. The van der Waals surface area contributed by atoms with Crippen molar-refractivity contribution in [3.63, 3.8) is 0 Å². The van der Waals surface area contributed by atoms with Crippen LogP contribution in [0.3, 0.4) is 0 Å². The second kappa shape index (κ2) is 8.95. The van der Waals surface area contributed by atoms with Gasteiger partial charge in [-0.1, -0.05) is 23.4 Å². The van der Waals surface area contributed by atoms with Crippen molar-refractivity contribution < 1.29 is 33.4 Å². The largest absolute Gasteiger partial charge is 0.487 e. The number of nitrogens with zero attached hydrogens (tertiary/aromatic N) is 2. The SMILES string of the molecule is COCc1c(C(=O)N2CCC[C@]23CO[C@H]2c4ccccc4O[C@@](C)(CCC(=O)O)[C@@H]2C3)noc1C. The minimum Gasteiger partial charge on any atom is -0.487 e. The molecule has 9 nitrogen and oxygen atoms in total. The van der Waals surface area contributed by atoms with Crippen molar-refractivity contribution in [2.75, 3.05) is 20.3 Å². The summed E-state index contributed by atoms with van der Waals surface area (Å²) >= 11 is 0. The molecule has 0 aliphatic carbocycles. The summed E-state index contributed by atoms with van der Waals surface area (Å²) in [6.45, 7) is 5.00. The third kappa shape index (κ3) is 4.00. The summed E-state index contributed by atoms with van der Waals surface area (Å²) in [5, 5.41) is 13.5. The molecule has 35 heavy (non-hydrogen) atoms. The number of hydrogen-bond acceptors (Lipinski definition) is 7. The number of carboxylic acid groups (broad SMARTS) is 1. The van der Waals surface area contributed by atoms with E-state index in [1.165, 1.54) is 0 Å². The molecule has 1 aromatic carbocycles. The van der Waals surface area contributed by atoms with Crippen LogP contribution in [0.1, 0.15) is 72.5 Å². The van der Waals surface area contributed by atoms with E-state index in [-0.39, 0.29) is 36.7 Å². The first-order valence-corrected chi connectivity index (χ1v) is 12.2. The topological polar surface area (TPSA) is 111 Å². The Balaban J connectivity index is 1.48. The van der Waals surface area contributed by atoms with Gasteiger partial charge < -0.3 is 28.7 Å². The summed E-state index contributed by atoms with van der Waals surface area (Å²) in [6, 6.07) is 7.79. The van der Waals surface area contributed by atoms with Crippen LogP contribution in [0.25, 0.3) is 0 Å². The highest BCUT2D eigenvalue weighted by Gasteiger charge is 2.57. The summed E-state index contributed by atoms with van der Waals surface area (Å²) < 4.78 is 23.7. The molecule has 188 valence electrons. The van der Waals surface area contributed by atoms with Gasteiger partial charge in [0.2, 0.25) is 0 Å². The Hall–Kier alpha value is -2.91. The Labute approximate surface area is 204 Å². The lowest BCUT2D eigenvalue weighted by Gasteiger charge is -2.54. The van der Waals surface area contributed by atoms with Gasteiger partial charge in [-0.15, -0.1) is 0 Å². The quantitative estimate of drug-likeness (QED) is 0.657. The van der Waals surface area contributed by atoms with Crippen molar-refractivity contribution in [3.05, 3.63) is 46.8 Å². The summed E-state index contributed by atoms with van der Waals surface area (Å²) in [5.74, 6) is 0.150. The van der Waals surface area contributed by atoms with Crippen molar-refractivity contribution in [1.82, 2.24) is 10.1 Å². The highest BCUT2D eigenvalue weighted by molar-refractivity contribution is 5.94. The van der Waals surface area contributed by atoms with Gasteiger partial charge in [0.05, 0.1) is 30.4 Å². The van der Waals surface area contributed by atoms with Crippen molar-refractivity contribution in [2.24, 2.45) is 5.92 Å². The number of hydrogen-bond donors (Lipinski definition) is 1. The van der Waals surface area contributed by atoms with E-state index >= 15 is 0 Å². The summed E-state index contributed by atoms with van der Waals surface area (Å²) in [4.78, 5) is 27.1. The van der Waals surface area contributed by atoms with Crippen LogP contribution in [-0.4, -0.2) is 58.4 Å². The van der Waals surface area contributed by atoms with Gasteiger partial charge in [0.1, 0.15) is 17.1 Å². The third-order valence-electron chi connectivity index (χ3n) is 8.00. The molecule has 1 spiro atoms. The maximum Gasteiger partial charge on any atom is 0.303 e. The Morgan fingerprint density at radius 1 is 1.31 bits per heavy atom. The zero-order valence-corrected chi connectivity index (χ0v) is 20.4. The first-order chi connectivity index (χ1) is 16.8. The van der Waals surface area contributed by atoms with Crippen LogP contribution >= 0.6 is 0 Å². The molecule has 3 aliphatic rings. The molecule has 4 atom stereocenters. The fraction of sp³-hybridized carbons (Fsp3) is 0.577. The second-order valence-corrected chi connectivity index (χ2v) is 10.2. The molecule has 0 bridgehead atoms. The predicted molar refractivity (Wildman–Crippen MR) is 124 cm³/mol. The number of fused-ring (bicyclic) bond motifs is 3. The van der Waals surface area contributed by atoms with Crippen molar-refractivity contribution in [3.8, 4) is 5.75 Å². The van der Waals surface area contributed by atoms with Gasteiger partial charge in [-0.3, -0.25) is 9.59 Å². The number of aromatic nitrogens is 1. The number of amides is 1. The molecule has 1 N–H and O–H groups in total. The zero-order valence-electron chi connectivity index (χ0n) is 20.4. The van der Waals surface area contributed by atoms with E-state index in [4.69, 9.17) is 18.7 Å². The van der Waals surface area contributed by atoms with E-state index in [1.54, 1.807) is 14.0 Å². The van der Waals surface area contributed by atoms with E-state index < -0.39 is 17.1 Å². The average Bonchev–Trinajstić information content (AvgIpc) is 3.41. The highest BCUT2D eigenvalue weighted by atomic mass is 16.5. The number of likely N-dealkylation sites (tertiary alicyclic amines) is 1. The minimum absolute atomic E-state index is 0.00384. The molecule has 2 aromatic rings. The van der Waals surface area contributed by atoms with Crippen LogP contribution in [0.4, 0.5) is 0 Å². The van der Waals surface area contributed by atoms with Crippen LogP contribution in [0.5, 0.6) is 5.75 Å². The minimum atomic E-state index is -0.860. The van der Waals surface area contributed by atoms with Gasteiger partial charge in [-0.2, -0.15) is 0 Å². The lowest BCUT2D eigenvalue weighted by atomic mass is 9.68. The van der Waals surface area contributed by atoms with Crippen LogP contribution < -0.4 is 4.74 Å². The van der Waals surface area contributed by atoms with Gasteiger partial charge in [-0.05, 0) is 45.6 Å². The lowest BCUT2D eigenvalue weighted by Crippen LogP contribution is -2.60. The average molecular weight is 485 g/mol. The fourth-order valence-corrected chi connectivity index (χ4v) is 6.12. The zero-order chi connectivity index (χ0) is 24.8. The molecular formula is C26H32N2O7. The second-order valence-electron chi connectivity index (χ2n) is 10.2. The smallest absolute Gasteiger partial charge is 0.303 e. The number of carbonyl (C=O) groups excluding carboxylic acids is 1. The normalized spacial score (nSPS) is 29.5. The molecule has 2 fully saturated rings. The van der Waals surface area contributed by atoms with Crippen molar-refractivity contribution in [2.45, 2.75) is 69.8 Å². The fourth-order valence-electron chi connectivity index (χ4n) is 6.12. The van der Waals surface area contributed by atoms with Crippen LogP contribution in [0.15, 0.2) is 28.8 Å². The Morgan fingerprint density at radius 2 is 2.11 bits per heavy atom. The number of benzene rings is 1. The number of carboxylic acids is 1. The molecule has 0 saturated carbocycles. The number of rotatable bonds is 6. The van der Waals surface area contributed by atoms with Gasteiger partial charge in [0, 0.05) is 31.6 Å². The lowest BCUT2D eigenvalue weighted by molar-refractivity contribution is -0.169. The van der Waals surface area contributed by atoms with Gasteiger partial charge in [0.25, 0.3) is 5.91 Å². The summed E-state index contributed by atoms with van der Waals surface area (Å²) in [6.07, 6.45) is 2.44. The molecule has 2 saturated heterocycles. The Morgan fingerprint density at radius 3 is 2.89 bits per heavy atom. The third-order valence-corrected chi connectivity index (χ3v) is 8.00. The number of aliphatic carboxylic acids is 1. The van der Waals surface area contributed by atoms with Gasteiger partial charge >= 0.3 is 5.97 Å². The maximum absolute atomic E-state index is 13.7. The van der Waals surface area contributed by atoms with Crippen LogP contribution in [0.2, 0.25) is 0 Å². The van der Waals surface area contributed by atoms with E-state index in [1.807, 2.05) is 36.1 Å². The number of para-hydroxylation sites is 1. The monoisotopic (exact) mass is 484 g/mol. The predicted octanol–water partition coefficient (Wildman–Crippen LogP) is 3.90. The number of ether oxygens (including phenoxy) is 3. The first-order valence-electron chi connectivity index (χ1n) is 12.2. The van der Waals surface area contributed by atoms with E-state index in [0.29, 0.717) is 37.3 Å². The molecule has 3 aliphatic heterocycles. The van der Waals surface area contributed by atoms with Gasteiger partial charge in [0.15, 0.2) is 5.69 Å². The molecule has 0 radical (unpaired) electrons. The molecular weight excluding hydrogens is 452 g/mol. The number of carbonyl (C=O) groups is 2. The number of methoxy groups -OCH3 is 1. The molecule has 0 unspecified atom stereocenters. The molecule has 9 heteroatoms. The summed E-state index contributed by atoms with van der Waals surface area (Å²) in [7, 11) is 1.58. The van der Waals surface area contributed by atoms with Crippen LogP contribution in [-0.2, 0) is 20.9 Å². The summed E-state index contributed by atoms with van der Waals surface area (Å²) in [5.41, 5.74) is 0.663. The molecule has 5 rings (SSSR count). The van der Waals surface area contributed by atoms with E-state index in [2.05, 4.69) is 5.16 Å². The molecule has 1 amide bonds. The molecule has 1 aromatic heterocycles. The number of aryl methyl sites for hydroxylation is 1. The highest BCUT2D eigenvalue weighted by Crippen LogP contribution is 2.55. The molecule has 4 heterocycles. The Kier molecular flexibility index (Phi) is 6.09. The van der Waals surface area contributed by atoms with Crippen molar-refractivity contribution in [1.29, 1.82) is 0 Å². The maximum atomic E-state index is 13.7. The Bertz CT molecular complexity index is 1130. The van der Waals surface area contributed by atoms with Gasteiger partial charge in [-0.25, -0.2) is 0 Å².